The van der Waals surface area contributed by atoms with Gasteiger partial charge in [-0.2, -0.15) is 0 Å². The molecule has 1 aromatic carbocycles. The molecule has 8 heteroatoms. The summed E-state index contributed by atoms with van der Waals surface area (Å²) in [6.45, 7) is 6.26. The number of benzene rings is 1. The van der Waals surface area contributed by atoms with E-state index in [1.807, 2.05) is 42.8 Å². The second-order valence-corrected chi connectivity index (χ2v) is 6.58. The smallest absolute Gasteiger partial charge is 0.191 e. The number of unbranched alkanes of at least 4 members (excludes halogenated alkanes) is 3. The van der Waals surface area contributed by atoms with Crippen molar-refractivity contribution in [3.8, 4) is 5.75 Å². The first-order valence-electron chi connectivity index (χ1n) is 9.64. The molecule has 156 valence electrons. The van der Waals surface area contributed by atoms with E-state index in [4.69, 9.17) is 9.73 Å². The van der Waals surface area contributed by atoms with Crippen molar-refractivity contribution in [2.45, 2.75) is 52.6 Å². The van der Waals surface area contributed by atoms with Gasteiger partial charge < -0.3 is 19.9 Å². The van der Waals surface area contributed by atoms with Crippen LogP contribution in [-0.4, -0.2) is 34.4 Å². The fourth-order valence-corrected chi connectivity index (χ4v) is 2.60. The molecular formula is C20H33IN6O. The number of aromatic nitrogens is 3. The van der Waals surface area contributed by atoms with Gasteiger partial charge in [-0.15, -0.1) is 34.2 Å². The third kappa shape index (κ3) is 8.04. The van der Waals surface area contributed by atoms with Gasteiger partial charge in [0, 0.05) is 13.6 Å². The Labute approximate surface area is 185 Å². The molecule has 0 aliphatic rings. The summed E-state index contributed by atoms with van der Waals surface area (Å²) in [5.41, 5.74) is 1.14. The molecule has 2 N–H and O–H groups in total. The number of rotatable bonds is 10. The molecule has 0 aliphatic carbocycles. The highest BCUT2D eigenvalue weighted by Gasteiger charge is 2.06. The summed E-state index contributed by atoms with van der Waals surface area (Å²) in [6.07, 6.45) is 4.88. The summed E-state index contributed by atoms with van der Waals surface area (Å²) in [5.74, 6) is 3.43. The van der Waals surface area contributed by atoms with Gasteiger partial charge in [0.2, 0.25) is 0 Å². The average molecular weight is 500 g/mol. The van der Waals surface area contributed by atoms with Crippen molar-refractivity contribution < 1.29 is 4.74 Å². The maximum absolute atomic E-state index is 5.21. The first-order chi connectivity index (χ1) is 13.1. The van der Waals surface area contributed by atoms with Crippen molar-refractivity contribution in [2.24, 2.45) is 12.0 Å². The van der Waals surface area contributed by atoms with Crippen LogP contribution in [0.1, 0.15) is 49.8 Å². The lowest BCUT2D eigenvalue weighted by Crippen LogP contribution is -2.38. The van der Waals surface area contributed by atoms with E-state index in [2.05, 4.69) is 27.8 Å². The Balaban J connectivity index is 0.00000392. The van der Waals surface area contributed by atoms with Crippen molar-refractivity contribution in [3.05, 3.63) is 41.5 Å². The Bertz CT molecular complexity index is 714. The van der Waals surface area contributed by atoms with Crippen molar-refractivity contribution in [1.82, 2.24) is 25.4 Å². The zero-order valence-electron chi connectivity index (χ0n) is 17.4. The molecule has 0 atom stereocenters. The topological polar surface area (TPSA) is 76.4 Å². The number of aryl methyl sites for hydroxylation is 1. The molecule has 0 unspecified atom stereocenters. The molecule has 0 amide bonds. The molecule has 0 aliphatic heterocycles. The molecule has 7 nitrogen and oxygen atoms in total. The van der Waals surface area contributed by atoms with E-state index < -0.39 is 0 Å². The third-order valence-corrected chi connectivity index (χ3v) is 4.50. The normalized spacial score (nSPS) is 11.1. The fourth-order valence-electron chi connectivity index (χ4n) is 2.60. The minimum absolute atomic E-state index is 0. The van der Waals surface area contributed by atoms with Crippen molar-refractivity contribution in [3.63, 3.8) is 0 Å². The van der Waals surface area contributed by atoms with E-state index in [0.717, 1.165) is 41.9 Å². The minimum atomic E-state index is 0. The number of nitrogens with zero attached hydrogens (tertiary/aromatic N) is 4. The summed E-state index contributed by atoms with van der Waals surface area (Å²) in [7, 11) is 3.64. The number of methoxy groups -OCH3 is 1. The lowest BCUT2D eigenvalue weighted by atomic mass is 10.2. The van der Waals surface area contributed by atoms with Crippen molar-refractivity contribution >= 4 is 29.9 Å². The number of aliphatic imine (C=N–C) groups is 1. The zero-order chi connectivity index (χ0) is 19.5. The number of halogens is 1. The van der Waals surface area contributed by atoms with Crippen molar-refractivity contribution in [2.75, 3.05) is 13.7 Å². The second kappa shape index (κ2) is 13.4. The third-order valence-electron chi connectivity index (χ3n) is 4.50. The molecular weight excluding hydrogens is 467 g/mol. The van der Waals surface area contributed by atoms with Crippen molar-refractivity contribution in [1.29, 1.82) is 0 Å². The molecule has 1 aromatic heterocycles. The van der Waals surface area contributed by atoms with Gasteiger partial charge in [-0.25, -0.2) is 4.99 Å². The van der Waals surface area contributed by atoms with Crippen LogP contribution in [0.5, 0.6) is 5.75 Å². The maximum Gasteiger partial charge on any atom is 0.191 e. The summed E-state index contributed by atoms with van der Waals surface area (Å²) in [5, 5.41) is 15.1. The van der Waals surface area contributed by atoms with Gasteiger partial charge in [-0.05, 0) is 31.0 Å². The maximum atomic E-state index is 5.21. The van der Waals surface area contributed by atoms with Crippen LogP contribution in [-0.2, 0) is 20.1 Å². The molecule has 0 fully saturated rings. The molecule has 0 bridgehead atoms. The number of nitrogens with one attached hydrogen (secondary N) is 2. The molecule has 2 rings (SSSR count). The summed E-state index contributed by atoms with van der Waals surface area (Å²) in [4.78, 5) is 4.71. The number of hydrogen-bond acceptors (Lipinski definition) is 4. The highest BCUT2D eigenvalue weighted by Crippen LogP contribution is 2.11. The van der Waals surface area contributed by atoms with Gasteiger partial charge in [0.1, 0.15) is 11.6 Å². The van der Waals surface area contributed by atoms with Crippen LogP contribution in [0.15, 0.2) is 29.3 Å². The second-order valence-electron chi connectivity index (χ2n) is 6.58. The number of hydrogen-bond donors (Lipinski definition) is 2. The number of guanidine groups is 1. The van der Waals surface area contributed by atoms with E-state index in [-0.39, 0.29) is 24.0 Å². The van der Waals surface area contributed by atoms with Crippen LogP contribution >= 0.6 is 24.0 Å². The standard InChI is InChI=1S/C20H32N6O.HI/c1-5-6-7-8-13-21-20(23-15-19-25-24-16(2)26(19)3)22-14-17-9-11-18(27-4)12-10-17;/h9-12H,5-8,13-15H2,1-4H3,(H2,21,22,23);1H. The average Bonchev–Trinajstić information content (AvgIpc) is 3.01. The van der Waals surface area contributed by atoms with E-state index >= 15 is 0 Å². The van der Waals surface area contributed by atoms with E-state index in [9.17, 15) is 0 Å². The van der Waals surface area contributed by atoms with Crippen LogP contribution in [0.25, 0.3) is 0 Å². The quantitative estimate of drug-likeness (QED) is 0.226. The van der Waals surface area contributed by atoms with Crippen LogP contribution in [0.2, 0.25) is 0 Å². The monoisotopic (exact) mass is 500 g/mol. The lowest BCUT2D eigenvalue weighted by molar-refractivity contribution is 0.414. The van der Waals surface area contributed by atoms with Gasteiger partial charge in [-0.3, -0.25) is 0 Å². The highest BCUT2D eigenvalue weighted by molar-refractivity contribution is 14.0. The molecule has 28 heavy (non-hydrogen) atoms. The first kappa shape index (κ1) is 24.2. The summed E-state index contributed by atoms with van der Waals surface area (Å²) >= 11 is 0. The zero-order valence-corrected chi connectivity index (χ0v) is 19.7. The Morgan fingerprint density at radius 3 is 2.46 bits per heavy atom. The minimum Gasteiger partial charge on any atom is -0.497 e. The van der Waals surface area contributed by atoms with Gasteiger partial charge in [0.25, 0.3) is 0 Å². The summed E-state index contributed by atoms with van der Waals surface area (Å²) in [6, 6.07) is 7.98. The lowest BCUT2D eigenvalue weighted by Gasteiger charge is -2.12. The number of ether oxygens (including phenoxy) is 1. The Kier molecular flexibility index (Phi) is 11.5. The fraction of sp³-hybridized carbons (Fsp3) is 0.550. The molecule has 0 saturated heterocycles. The molecule has 1 heterocycles. The first-order valence-corrected chi connectivity index (χ1v) is 9.64. The van der Waals surface area contributed by atoms with Crippen LogP contribution in [0.3, 0.4) is 0 Å². The Hall–Kier alpha value is -1.84. The largest absolute Gasteiger partial charge is 0.497 e. The summed E-state index contributed by atoms with van der Waals surface area (Å²) < 4.78 is 7.19. The predicted octanol–water partition coefficient (Wildman–Crippen LogP) is 3.57. The highest BCUT2D eigenvalue weighted by atomic mass is 127. The molecule has 0 radical (unpaired) electrons. The van der Waals surface area contributed by atoms with Gasteiger partial charge in [0.05, 0.1) is 20.2 Å². The molecule has 0 spiro atoms. The van der Waals surface area contributed by atoms with Gasteiger partial charge in [0.15, 0.2) is 11.8 Å². The Morgan fingerprint density at radius 2 is 1.86 bits per heavy atom. The predicted molar refractivity (Wildman–Crippen MR) is 124 cm³/mol. The van der Waals surface area contributed by atoms with Crippen LogP contribution in [0.4, 0.5) is 0 Å². The van der Waals surface area contributed by atoms with E-state index in [1.54, 1.807) is 7.11 Å². The van der Waals surface area contributed by atoms with Gasteiger partial charge >= 0.3 is 0 Å². The molecule has 2 aromatic rings. The van der Waals surface area contributed by atoms with Crippen LogP contribution < -0.4 is 15.4 Å². The molecule has 0 saturated carbocycles. The van der Waals surface area contributed by atoms with Gasteiger partial charge in [-0.1, -0.05) is 38.3 Å². The van der Waals surface area contributed by atoms with E-state index in [1.165, 1.54) is 19.3 Å². The van der Waals surface area contributed by atoms with Crippen LogP contribution in [0, 0.1) is 6.92 Å². The Morgan fingerprint density at radius 1 is 1.11 bits per heavy atom. The SMILES string of the molecule is CCCCCCNC(=NCc1ccc(OC)cc1)NCc1nnc(C)n1C.I. The van der Waals surface area contributed by atoms with E-state index in [0.29, 0.717) is 13.1 Å².